The van der Waals surface area contributed by atoms with Crippen LogP contribution < -0.4 is 0 Å². The van der Waals surface area contributed by atoms with Crippen molar-refractivity contribution in [2.75, 3.05) is 0 Å². The molecule has 5 heteroatoms. The van der Waals surface area contributed by atoms with Crippen LogP contribution in [0.3, 0.4) is 0 Å². The minimum Gasteiger partial charge on any atom is -0.480 e. The first-order valence-corrected chi connectivity index (χ1v) is 6.98. The fraction of sp³-hybridized carbons (Fsp3) is 0.312. The molecular formula is C16H16N2O3. The number of carbonyl (C=O) groups excluding carboxylic acids is 1. The van der Waals surface area contributed by atoms with E-state index in [2.05, 4.69) is 4.98 Å². The van der Waals surface area contributed by atoms with Crippen molar-refractivity contribution in [2.24, 2.45) is 0 Å². The van der Waals surface area contributed by atoms with Gasteiger partial charge in [-0.3, -0.25) is 9.78 Å². The monoisotopic (exact) mass is 284 g/mol. The van der Waals surface area contributed by atoms with E-state index in [1.807, 2.05) is 6.07 Å². The van der Waals surface area contributed by atoms with Crippen LogP contribution >= 0.6 is 0 Å². The molecule has 1 N–H and O–H groups in total. The molecule has 1 unspecified atom stereocenters. The van der Waals surface area contributed by atoms with E-state index in [4.69, 9.17) is 0 Å². The minimum atomic E-state index is -0.975. The molecule has 0 bridgehead atoms. The Bertz CT molecular complexity index is 704. The molecule has 3 rings (SSSR count). The molecule has 108 valence electrons. The Morgan fingerprint density at radius 2 is 2.10 bits per heavy atom. The molecule has 0 aliphatic heterocycles. The Hall–Kier alpha value is -2.43. The van der Waals surface area contributed by atoms with Gasteiger partial charge in [0.2, 0.25) is 0 Å². The standard InChI is InChI=1S/C16H16N2O3/c1-10(16(20)21)18(12-5-6-12)15(19)14-4-2-3-11-9-17-8-7-13(11)14/h2-4,7-10,12H,5-6H2,1H3,(H,20,21). The Labute approximate surface area is 122 Å². The maximum atomic E-state index is 12.8. The highest BCUT2D eigenvalue weighted by atomic mass is 16.4. The van der Waals surface area contributed by atoms with Crippen LogP contribution in [0.15, 0.2) is 36.7 Å². The van der Waals surface area contributed by atoms with Gasteiger partial charge in [-0.2, -0.15) is 0 Å². The zero-order valence-electron chi connectivity index (χ0n) is 11.7. The van der Waals surface area contributed by atoms with Gasteiger partial charge in [-0.1, -0.05) is 12.1 Å². The number of rotatable bonds is 4. The first-order valence-electron chi connectivity index (χ1n) is 6.98. The van der Waals surface area contributed by atoms with E-state index in [0.717, 1.165) is 23.6 Å². The van der Waals surface area contributed by atoms with Crippen LogP contribution in [-0.4, -0.2) is 39.0 Å². The molecule has 0 spiro atoms. The molecule has 5 nitrogen and oxygen atoms in total. The summed E-state index contributed by atoms with van der Waals surface area (Å²) in [7, 11) is 0. The van der Waals surface area contributed by atoms with Gasteiger partial charge in [0.15, 0.2) is 0 Å². The third-order valence-corrected chi connectivity index (χ3v) is 3.86. The molecule has 2 aromatic rings. The summed E-state index contributed by atoms with van der Waals surface area (Å²) in [6.45, 7) is 1.56. The van der Waals surface area contributed by atoms with Crippen LogP contribution in [0.4, 0.5) is 0 Å². The van der Waals surface area contributed by atoms with E-state index in [9.17, 15) is 14.7 Å². The van der Waals surface area contributed by atoms with Crippen LogP contribution in [0.2, 0.25) is 0 Å². The summed E-state index contributed by atoms with van der Waals surface area (Å²) >= 11 is 0. The number of nitrogens with zero attached hydrogens (tertiary/aromatic N) is 2. The highest BCUT2D eigenvalue weighted by Crippen LogP contribution is 2.31. The zero-order chi connectivity index (χ0) is 15.0. The number of aromatic nitrogens is 1. The quantitative estimate of drug-likeness (QED) is 0.935. The van der Waals surface area contributed by atoms with E-state index in [1.54, 1.807) is 37.5 Å². The number of hydrogen-bond acceptors (Lipinski definition) is 3. The normalized spacial score (nSPS) is 15.7. The van der Waals surface area contributed by atoms with Gasteiger partial charge in [-0.15, -0.1) is 0 Å². The topological polar surface area (TPSA) is 70.5 Å². The maximum absolute atomic E-state index is 12.8. The number of carboxylic acid groups (broad SMARTS) is 1. The second kappa shape index (κ2) is 5.16. The highest BCUT2D eigenvalue weighted by molar-refractivity contribution is 6.07. The summed E-state index contributed by atoms with van der Waals surface area (Å²) in [5.41, 5.74) is 0.537. The van der Waals surface area contributed by atoms with E-state index in [1.165, 1.54) is 4.90 Å². The maximum Gasteiger partial charge on any atom is 0.326 e. The van der Waals surface area contributed by atoms with Crippen molar-refractivity contribution in [1.82, 2.24) is 9.88 Å². The lowest BCUT2D eigenvalue weighted by Crippen LogP contribution is -2.44. The van der Waals surface area contributed by atoms with Crippen molar-refractivity contribution in [2.45, 2.75) is 31.8 Å². The Morgan fingerprint density at radius 1 is 1.33 bits per heavy atom. The molecule has 0 saturated heterocycles. The number of carbonyl (C=O) groups is 2. The molecule has 1 amide bonds. The lowest BCUT2D eigenvalue weighted by atomic mass is 10.0. The van der Waals surface area contributed by atoms with Crippen molar-refractivity contribution < 1.29 is 14.7 Å². The molecule has 1 fully saturated rings. The molecule has 1 saturated carbocycles. The summed E-state index contributed by atoms with van der Waals surface area (Å²) in [6, 6.07) is 6.45. The molecule has 1 aromatic carbocycles. The summed E-state index contributed by atoms with van der Waals surface area (Å²) in [5, 5.41) is 10.9. The molecule has 21 heavy (non-hydrogen) atoms. The predicted octanol–water partition coefficient (Wildman–Crippen LogP) is 2.31. The Morgan fingerprint density at radius 3 is 2.76 bits per heavy atom. The Kier molecular flexibility index (Phi) is 3.33. The van der Waals surface area contributed by atoms with E-state index in [0.29, 0.717) is 5.56 Å². The van der Waals surface area contributed by atoms with Gasteiger partial charge < -0.3 is 10.0 Å². The van der Waals surface area contributed by atoms with Gasteiger partial charge in [0.25, 0.3) is 5.91 Å². The molecule has 0 radical (unpaired) electrons. The van der Waals surface area contributed by atoms with Crippen LogP contribution in [0.5, 0.6) is 0 Å². The number of fused-ring (bicyclic) bond motifs is 1. The first kappa shape index (κ1) is 13.5. The van der Waals surface area contributed by atoms with Crippen LogP contribution in [-0.2, 0) is 4.79 Å². The number of amides is 1. The van der Waals surface area contributed by atoms with Gasteiger partial charge in [0.1, 0.15) is 6.04 Å². The van der Waals surface area contributed by atoms with Crippen molar-refractivity contribution >= 4 is 22.6 Å². The highest BCUT2D eigenvalue weighted by Gasteiger charge is 2.39. The van der Waals surface area contributed by atoms with Crippen molar-refractivity contribution in [3.8, 4) is 0 Å². The van der Waals surface area contributed by atoms with Crippen molar-refractivity contribution in [1.29, 1.82) is 0 Å². The zero-order valence-corrected chi connectivity index (χ0v) is 11.7. The van der Waals surface area contributed by atoms with Crippen LogP contribution in [0.1, 0.15) is 30.1 Å². The summed E-state index contributed by atoms with van der Waals surface area (Å²) in [4.78, 5) is 29.6. The number of hydrogen-bond donors (Lipinski definition) is 1. The van der Waals surface area contributed by atoms with Gasteiger partial charge in [0.05, 0.1) is 0 Å². The number of pyridine rings is 1. The minimum absolute atomic E-state index is 0.0423. The Balaban J connectivity index is 2.04. The molecule has 1 aliphatic carbocycles. The SMILES string of the molecule is CC(C(=O)O)N(C(=O)c1cccc2cnccc12)C1CC1. The fourth-order valence-corrected chi connectivity index (χ4v) is 2.58. The summed E-state index contributed by atoms with van der Waals surface area (Å²) in [6.07, 6.45) is 5.08. The van der Waals surface area contributed by atoms with Gasteiger partial charge in [-0.25, -0.2) is 4.79 Å². The third kappa shape index (κ3) is 2.46. The largest absolute Gasteiger partial charge is 0.480 e. The fourth-order valence-electron chi connectivity index (χ4n) is 2.58. The van der Waals surface area contributed by atoms with Crippen molar-refractivity contribution in [3.63, 3.8) is 0 Å². The molecular weight excluding hydrogens is 268 g/mol. The smallest absolute Gasteiger partial charge is 0.326 e. The van der Waals surface area contributed by atoms with E-state index in [-0.39, 0.29) is 11.9 Å². The predicted molar refractivity (Wildman–Crippen MR) is 78.0 cm³/mol. The van der Waals surface area contributed by atoms with E-state index < -0.39 is 12.0 Å². The van der Waals surface area contributed by atoms with Gasteiger partial charge >= 0.3 is 5.97 Å². The first-order chi connectivity index (χ1) is 10.1. The molecule has 1 aliphatic rings. The number of benzene rings is 1. The lowest BCUT2D eigenvalue weighted by molar-refractivity contribution is -0.141. The average molecular weight is 284 g/mol. The molecule has 1 heterocycles. The molecule has 1 atom stereocenters. The lowest BCUT2D eigenvalue weighted by Gasteiger charge is -2.27. The summed E-state index contributed by atoms with van der Waals surface area (Å²) < 4.78 is 0. The second-order valence-electron chi connectivity index (χ2n) is 5.36. The van der Waals surface area contributed by atoms with Gasteiger partial charge in [-0.05, 0) is 37.3 Å². The van der Waals surface area contributed by atoms with Crippen LogP contribution in [0.25, 0.3) is 10.8 Å². The van der Waals surface area contributed by atoms with Gasteiger partial charge in [0, 0.05) is 29.4 Å². The average Bonchev–Trinajstić information content (AvgIpc) is 3.31. The van der Waals surface area contributed by atoms with Crippen molar-refractivity contribution in [3.05, 3.63) is 42.2 Å². The molecule has 1 aromatic heterocycles. The van der Waals surface area contributed by atoms with Crippen LogP contribution in [0, 0.1) is 0 Å². The number of carboxylic acids is 1. The second-order valence-corrected chi connectivity index (χ2v) is 5.36. The number of aliphatic carboxylic acids is 1. The third-order valence-electron chi connectivity index (χ3n) is 3.86. The van der Waals surface area contributed by atoms with E-state index >= 15 is 0 Å². The summed E-state index contributed by atoms with van der Waals surface area (Å²) in [5.74, 6) is -1.19.